The summed E-state index contributed by atoms with van der Waals surface area (Å²) < 4.78 is 4.67. The van der Waals surface area contributed by atoms with Gasteiger partial charge in [0.25, 0.3) is 5.91 Å². The molecular weight excluding hydrogens is 324 g/mol. The van der Waals surface area contributed by atoms with Crippen LogP contribution in [0.5, 0.6) is 0 Å². The van der Waals surface area contributed by atoms with Gasteiger partial charge in [0.15, 0.2) is 0 Å². The standard InChI is InChI=1S/C14H17BrN2O3/c1-20-14(19)17-8-6-16(7-9-17)13(18)12-4-2-11(10-15)3-5-12/h2-5H,6-10H2,1H3. The van der Waals surface area contributed by atoms with E-state index in [1.807, 2.05) is 24.3 Å². The number of alkyl halides is 1. The number of ether oxygens (including phenoxy) is 1. The van der Waals surface area contributed by atoms with Gasteiger partial charge in [0.1, 0.15) is 0 Å². The van der Waals surface area contributed by atoms with E-state index in [0.717, 1.165) is 10.9 Å². The molecule has 2 rings (SSSR count). The number of nitrogens with zero attached hydrogens (tertiary/aromatic N) is 2. The number of halogens is 1. The van der Waals surface area contributed by atoms with Crippen LogP contribution < -0.4 is 0 Å². The van der Waals surface area contributed by atoms with Gasteiger partial charge in [0, 0.05) is 37.1 Å². The molecule has 0 spiro atoms. The molecule has 0 aliphatic carbocycles. The van der Waals surface area contributed by atoms with E-state index in [9.17, 15) is 9.59 Å². The van der Waals surface area contributed by atoms with Crippen molar-refractivity contribution in [1.82, 2.24) is 9.80 Å². The van der Waals surface area contributed by atoms with Gasteiger partial charge in [0.05, 0.1) is 7.11 Å². The number of carbonyl (C=O) groups is 2. The average molecular weight is 341 g/mol. The Bertz CT molecular complexity index is 482. The Morgan fingerprint density at radius 3 is 2.15 bits per heavy atom. The molecule has 1 saturated heterocycles. The SMILES string of the molecule is COC(=O)N1CCN(C(=O)c2ccc(CBr)cc2)CC1. The summed E-state index contributed by atoms with van der Waals surface area (Å²) in [6.07, 6.45) is -0.334. The van der Waals surface area contributed by atoms with Crippen LogP contribution in [0.3, 0.4) is 0 Å². The van der Waals surface area contributed by atoms with Gasteiger partial charge in [0.2, 0.25) is 0 Å². The molecule has 0 bridgehead atoms. The van der Waals surface area contributed by atoms with Gasteiger partial charge in [-0.3, -0.25) is 4.79 Å². The van der Waals surface area contributed by atoms with Crippen LogP contribution in [0, 0.1) is 0 Å². The van der Waals surface area contributed by atoms with Crippen LogP contribution in [0.4, 0.5) is 4.79 Å². The van der Waals surface area contributed by atoms with Gasteiger partial charge in [-0.2, -0.15) is 0 Å². The maximum atomic E-state index is 12.3. The maximum Gasteiger partial charge on any atom is 0.409 e. The quantitative estimate of drug-likeness (QED) is 0.774. The van der Waals surface area contributed by atoms with E-state index >= 15 is 0 Å². The Hall–Kier alpha value is -1.56. The van der Waals surface area contributed by atoms with Crippen LogP contribution in [-0.2, 0) is 10.1 Å². The summed E-state index contributed by atoms with van der Waals surface area (Å²) in [7, 11) is 1.37. The zero-order valence-corrected chi connectivity index (χ0v) is 12.9. The van der Waals surface area contributed by atoms with Crippen LogP contribution in [0.1, 0.15) is 15.9 Å². The average Bonchev–Trinajstić information content (AvgIpc) is 2.53. The van der Waals surface area contributed by atoms with Crippen LogP contribution in [0.15, 0.2) is 24.3 Å². The van der Waals surface area contributed by atoms with Crippen molar-refractivity contribution in [1.29, 1.82) is 0 Å². The van der Waals surface area contributed by atoms with E-state index in [1.54, 1.807) is 9.80 Å². The predicted molar refractivity (Wildman–Crippen MR) is 79.0 cm³/mol. The Kier molecular flexibility index (Phi) is 5.00. The summed E-state index contributed by atoms with van der Waals surface area (Å²) in [6.45, 7) is 2.10. The van der Waals surface area contributed by atoms with Gasteiger partial charge in [-0.1, -0.05) is 28.1 Å². The molecule has 1 aliphatic rings. The first-order chi connectivity index (χ1) is 9.65. The number of piperazine rings is 1. The molecule has 5 nitrogen and oxygen atoms in total. The minimum atomic E-state index is -0.334. The van der Waals surface area contributed by atoms with Crippen molar-refractivity contribution in [2.24, 2.45) is 0 Å². The molecule has 2 amide bonds. The van der Waals surface area contributed by atoms with Crippen LogP contribution in [0.25, 0.3) is 0 Å². The molecule has 20 heavy (non-hydrogen) atoms. The Morgan fingerprint density at radius 1 is 1.10 bits per heavy atom. The third-order valence-corrected chi connectivity index (χ3v) is 4.00. The van der Waals surface area contributed by atoms with Crippen molar-refractivity contribution >= 4 is 27.9 Å². The zero-order chi connectivity index (χ0) is 14.5. The maximum absolute atomic E-state index is 12.3. The highest BCUT2D eigenvalue weighted by Gasteiger charge is 2.25. The lowest BCUT2D eigenvalue weighted by molar-refractivity contribution is 0.0599. The van der Waals surface area contributed by atoms with Gasteiger partial charge in [-0.05, 0) is 17.7 Å². The monoisotopic (exact) mass is 340 g/mol. The lowest BCUT2D eigenvalue weighted by Crippen LogP contribution is -2.50. The number of methoxy groups -OCH3 is 1. The normalized spacial score (nSPS) is 15.1. The number of hydrogen-bond donors (Lipinski definition) is 0. The molecule has 0 N–H and O–H groups in total. The highest BCUT2D eigenvalue weighted by Crippen LogP contribution is 2.12. The highest BCUT2D eigenvalue weighted by molar-refractivity contribution is 9.08. The summed E-state index contributed by atoms with van der Waals surface area (Å²) in [4.78, 5) is 27.1. The Labute approximate surface area is 126 Å². The molecule has 0 unspecified atom stereocenters. The van der Waals surface area contributed by atoms with Gasteiger partial charge in [-0.25, -0.2) is 4.79 Å². The van der Waals surface area contributed by atoms with E-state index in [2.05, 4.69) is 20.7 Å². The van der Waals surface area contributed by atoms with Crippen molar-refractivity contribution < 1.29 is 14.3 Å². The Morgan fingerprint density at radius 2 is 1.65 bits per heavy atom. The van der Waals surface area contributed by atoms with E-state index in [-0.39, 0.29) is 12.0 Å². The van der Waals surface area contributed by atoms with Crippen molar-refractivity contribution in [2.45, 2.75) is 5.33 Å². The smallest absolute Gasteiger partial charge is 0.409 e. The summed E-state index contributed by atoms with van der Waals surface area (Å²) in [6, 6.07) is 7.55. The number of benzene rings is 1. The third kappa shape index (κ3) is 3.30. The first-order valence-corrected chi connectivity index (χ1v) is 7.55. The van der Waals surface area contributed by atoms with Gasteiger partial charge in [-0.15, -0.1) is 0 Å². The molecule has 1 fully saturated rings. The van der Waals surface area contributed by atoms with Crippen LogP contribution in [-0.4, -0.2) is 55.1 Å². The van der Waals surface area contributed by atoms with E-state index in [4.69, 9.17) is 0 Å². The van der Waals surface area contributed by atoms with Gasteiger partial charge >= 0.3 is 6.09 Å². The summed E-state index contributed by atoms with van der Waals surface area (Å²) >= 11 is 3.38. The molecular formula is C14H17BrN2O3. The third-order valence-electron chi connectivity index (χ3n) is 3.35. The molecule has 108 valence electrons. The number of carbonyl (C=O) groups excluding carboxylic acids is 2. The van der Waals surface area contributed by atoms with E-state index in [1.165, 1.54) is 7.11 Å². The van der Waals surface area contributed by atoms with Crippen molar-refractivity contribution in [2.75, 3.05) is 33.3 Å². The van der Waals surface area contributed by atoms with Crippen molar-refractivity contribution in [3.63, 3.8) is 0 Å². The second-order valence-electron chi connectivity index (χ2n) is 4.58. The fourth-order valence-corrected chi connectivity index (χ4v) is 2.51. The van der Waals surface area contributed by atoms with Crippen molar-refractivity contribution in [3.05, 3.63) is 35.4 Å². The molecule has 1 aromatic rings. The second-order valence-corrected chi connectivity index (χ2v) is 5.14. The molecule has 1 aromatic carbocycles. The highest BCUT2D eigenvalue weighted by atomic mass is 79.9. The second kappa shape index (κ2) is 6.74. The van der Waals surface area contributed by atoms with E-state index in [0.29, 0.717) is 31.7 Å². The first kappa shape index (κ1) is 14.8. The fraction of sp³-hybridized carbons (Fsp3) is 0.429. The van der Waals surface area contributed by atoms with Gasteiger partial charge < -0.3 is 14.5 Å². The van der Waals surface area contributed by atoms with E-state index < -0.39 is 0 Å². The summed E-state index contributed by atoms with van der Waals surface area (Å²) in [5.74, 6) is 0.00985. The molecule has 0 saturated carbocycles. The zero-order valence-electron chi connectivity index (χ0n) is 11.3. The molecule has 0 aromatic heterocycles. The summed E-state index contributed by atoms with van der Waals surface area (Å²) in [5, 5.41) is 0.777. The van der Waals surface area contributed by atoms with Crippen LogP contribution >= 0.6 is 15.9 Å². The minimum Gasteiger partial charge on any atom is -0.453 e. The molecule has 1 aliphatic heterocycles. The predicted octanol–water partition coefficient (Wildman–Crippen LogP) is 2.11. The molecule has 6 heteroatoms. The lowest BCUT2D eigenvalue weighted by Gasteiger charge is -2.33. The molecule has 0 atom stereocenters. The number of amides is 2. The number of hydrogen-bond acceptors (Lipinski definition) is 3. The van der Waals surface area contributed by atoms with Crippen molar-refractivity contribution in [3.8, 4) is 0 Å². The topological polar surface area (TPSA) is 49.9 Å². The lowest BCUT2D eigenvalue weighted by atomic mass is 10.1. The van der Waals surface area contributed by atoms with Crippen LogP contribution in [0.2, 0.25) is 0 Å². The largest absolute Gasteiger partial charge is 0.453 e. The molecule has 0 radical (unpaired) electrons. The Balaban J connectivity index is 1.95. The minimum absolute atomic E-state index is 0.00985. The first-order valence-electron chi connectivity index (χ1n) is 6.42. The molecule has 1 heterocycles. The number of rotatable bonds is 2. The summed E-state index contributed by atoms with van der Waals surface area (Å²) in [5.41, 5.74) is 1.82. The fourth-order valence-electron chi connectivity index (χ4n) is 2.14.